The fourth-order valence-electron chi connectivity index (χ4n) is 2.82. The van der Waals surface area contributed by atoms with Crippen molar-refractivity contribution in [2.75, 3.05) is 6.54 Å². The van der Waals surface area contributed by atoms with Crippen molar-refractivity contribution in [3.05, 3.63) is 0 Å². The molecule has 1 atom stereocenters. The summed E-state index contributed by atoms with van der Waals surface area (Å²) in [4.78, 5) is 22.7. The fraction of sp³-hybridized carbons (Fsp3) is 0.846. The Kier molecular flexibility index (Phi) is 5.14. The van der Waals surface area contributed by atoms with Gasteiger partial charge >= 0.3 is 5.97 Å². The molecule has 1 amide bonds. The summed E-state index contributed by atoms with van der Waals surface area (Å²) in [7, 11) is 0. The van der Waals surface area contributed by atoms with Crippen molar-refractivity contribution in [3.63, 3.8) is 0 Å². The number of carbonyl (C=O) groups is 2. The highest BCUT2D eigenvalue weighted by Crippen LogP contribution is 2.43. The fourth-order valence-corrected chi connectivity index (χ4v) is 2.82. The first-order valence-corrected chi connectivity index (χ1v) is 6.56. The molecular formula is C13H23NO4. The lowest BCUT2D eigenvalue weighted by atomic mass is 9.77. The van der Waals surface area contributed by atoms with E-state index in [1.165, 1.54) is 0 Å². The van der Waals surface area contributed by atoms with Crippen molar-refractivity contribution in [2.24, 2.45) is 11.3 Å². The van der Waals surface area contributed by atoms with Gasteiger partial charge in [-0.25, -0.2) is 4.79 Å². The average molecular weight is 257 g/mol. The molecule has 5 heteroatoms. The molecule has 0 radical (unpaired) electrons. The number of aliphatic hydroxyl groups excluding tert-OH is 1. The topological polar surface area (TPSA) is 86.6 Å². The van der Waals surface area contributed by atoms with Gasteiger partial charge in [-0.1, -0.05) is 26.7 Å². The number of hydrogen-bond donors (Lipinski definition) is 3. The van der Waals surface area contributed by atoms with Gasteiger partial charge in [-0.15, -0.1) is 0 Å². The molecule has 1 fully saturated rings. The van der Waals surface area contributed by atoms with Gasteiger partial charge < -0.3 is 15.5 Å². The molecule has 1 aliphatic rings. The number of carboxylic acids is 1. The molecule has 0 aromatic carbocycles. The molecule has 0 aliphatic heterocycles. The number of rotatable bonds is 6. The van der Waals surface area contributed by atoms with Crippen molar-refractivity contribution in [1.82, 2.24) is 5.32 Å². The van der Waals surface area contributed by atoms with Gasteiger partial charge in [-0.3, -0.25) is 4.79 Å². The van der Waals surface area contributed by atoms with Crippen molar-refractivity contribution in [2.45, 2.75) is 52.1 Å². The number of carbonyl (C=O) groups excluding carboxylic acids is 1. The molecule has 3 N–H and O–H groups in total. The van der Waals surface area contributed by atoms with Crippen LogP contribution in [0.25, 0.3) is 0 Å². The molecule has 0 aromatic rings. The molecule has 1 unspecified atom stereocenters. The third kappa shape index (κ3) is 3.70. The van der Waals surface area contributed by atoms with Crippen molar-refractivity contribution in [3.8, 4) is 0 Å². The zero-order valence-corrected chi connectivity index (χ0v) is 11.1. The Morgan fingerprint density at radius 3 is 2.28 bits per heavy atom. The third-order valence-corrected chi connectivity index (χ3v) is 3.58. The minimum Gasteiger partial charge on any atom is -0.479 e. The highest BCUT2D eigenvalue weighted by molar-refractivity contribution is 5.83. The molecule has 104 valence electrons. The Morgan fingerprint density at radius 1 is 1.28 bits per heavy atom. The second-order valence-electron chi connectivity index (χ2n) is 5.65. The van der Waals surface area contributed by atoms with Crippen LogP contribution in [0.4, 0.5) is 0 Å². The lowest BCUT2D eigenvalue weighted by Gasteiger charge is -2.29. The van der Waals surface area contributed by atoms with Crippen molar-refractivity contribution < 1.29 is 19.8 Å². The Morgan fingerprint density at radius 2 is 1.83 bits per heavy atom. The number of aliphatic hydroxyl groups is 1. The number of hydrogen-bond acceptors (Lipinski definition) is 3. The normalized spacial score (nSPS) is 19.8. The minimum absolute atomic E-state index is 0.103. The van der Waals surface area contributed by atoms with Crippen LogP contribution in [-0.4, -0.2) is 34.7 Å². The Bertz CT molecular complexity index is 308. The molecule has 1 saturated carbocycles. The number of aliphatic carboxylic acids is 1. The summed E-state index contributed by atoms with van der Waals surface area (Å²) in [6, 6.07) is 0. The molecule has 1 rings (SSSR count). The number of carboxylic acid groups (broad SMARTS) is 1. The van der Waals surface area contributed by atoms with E-state index >= 15 is 0 Å². The third-order valence-electron chi connectivity index (χ3n) is 3.58. The molecule has 0 heterocycles. The molecule has 5 nitrogen and oxygen atoms in total. The minimum atomic E-state index is -1.52. The Balaban J connectivity index is 2.58. The maximum Gasteiger partial charge on any atom is 0.334 e. The van der Waals surface area contributed by atoms with E-state index in [2.05, 4.69) is 19.2 Å². The highest BCUT2D eigenvalue weighted by Gasteiger charge is 2.41. The molecule has 0 bridgehead atoms. The molecule has 1 aliphatic carbocycles. The number of nitrogens with one attached hydrogen (secondary N) is 1. The van der Waals surface area contributed by atoms with E-state index in [-0.39, 0.29) is 17.9 Å². The van der Waals surface area contributed by atoms with Crippen LogP contribution in [0.15, 0.2) is 0 Å². The Hall–Kier alpha value is -1.10. The maximum atomic E-state index is 12.2. The van der Waals surface area contributed by atoms with E-state index in [9.17, 15) is 9.59 Å². The largest absolute Gasteiger partial charge is 0.479 e. The second kappa shape index (κ2) is 6.18. The maximum absolute atomic E-state index is 12.2. The van der Waals surface area contributed by atoms with Gasteiger partial charge in [0.05, 0.1) is 6.54 Å². The van der Waals surface area contributed by atoms with Crippen LogP contribution in [-0.2, 0) is 9.59 Å². The quantitative estimate of drug-likeness (QED) is 0.666. The molecule has 0 spiro atoms. The average Bonchev–Trinajstić information content (AvgIpc) is 2.73. The highest BCUT2D eigenvalue weighted by atomic mass is 16.4. The predicted molar refractivity (Wildman–Crippen MR) is 67.0 cm³/mol. The summed E-state index contributed by atoms with van der Waals surface area (Å²) in [5, 5.41) is 20.3. The van der Waals surface area contributed by atoms with E-state index in [1.807, 2.05) is 0 Å². The standard InChI is InChI=1S/C13H23NO4/c1-9(2)7-13(5-3-4-6-13)12(18)14-8-10(15)11(16)17/h9-10,15H,3-8H2,1-2H3,(H,14,18)(H,16,17). The van der Waals surface area contributed by atoms with Gasteiger partial charge in [0.15, 0.2) is 6.10 Å². The van der Waals surface area contributed by atoms with Gasteiger partial charge in [0, 0.05) is 5.41 Å². The summed E-state index contributed by atoms with van der Waals surface area (Å²) in [5.74, 6) is -0.980. The van der Waals surface area contributed by atoms with Crippen LogP contribution >= 0.6 is 0 Å². The van der Waals surface area contributed by atoms with Crippen LogP contribution in [0.1, 0.15) is 46.0 Å². The van der Waals surface area contributed by atoms with Gasteiger partial charge in [-0.2, -0.15) is 0 Å². The smallest absolute Gasteiger partial charge is 0.334 e. The second-order valence-corrected chi connectivity index (χ2v) is 5.65. The number of amides is 1. The molecule has 18 heavy (non-hydrogen) atoms. The van der Waals surface area contributed by atoms with Gasteiger partial charge in [0.2, 0.25) is 5.91 Å². The predicted octanol–water partition coefficient (Wildman–Crippen LogP) is 1.15. The molecule has 0 aromatic heterocycles. The first kappa shape index (κ1) is 15.0. The van der Waals surface area contributed by atoms with Crippen molar-refractivity contribution in [1.29, 1.82) is 0 Å². The zero-order valence-electron chi connectivity index (χ0n) is 11.1. The van der Waals surface area contributed by atoms with Crippen LogP contribution in [0.5, 0.6) is 0 Å². The molecule has 0 saturated heterocycles. The first-order valence-electron chi connectivity index (χ1n) is 6.56. The summed E-state index contributed by atoms with van der Waals surface area (Å²) in [6.45, 7) is 3.95. The lowest BCUT2D eigenvalue weighted by Crippen LogP contribution is -2.44. The Labute approximate surface area is 108 Å². The van der Waals surface area contributed by atoms with E-state index in [0.29, 0.717) is 5.92 Å². The summed E-state index contributed by atoms with van der Waals surface area (Å²) >= 11 is 0. The SMILES string of the molecule is CC(C)CC1(C(=O)NCC(O)C(=O)O)CCCC1. The molecular weight excluding hydrogens is 234 g/mol. The lowest BCUT2D eigenvalue weighted by molar-refractivity contribution is -0.146. The first-order chi connectivity index (χ1) is 8.37. The van der Waals surface area contributed by atoms with Gasteiger partial charge in [-0.05, 0) is 25.2 Å². The van der Waals surface area contributed by atoms with Crippen molar-refractivity contribution >= 4 is 11.9 Å². The zero-order chi connectivity index (χ0) is 13.8. The van der Waals surface area contributed by atoms with Crippen LogP contribution < -0.4 is 5.32 Å². The summed E-state index contributed by atoms with van der Waals surface area (Å²) in [5.41, 5.74) is -0.355. The monoisotopic (exact) mass is 257 g/mol. The van der Waals surface area contributed by atoms with E-state index < -0.39 is 12.1 Å². The van der Waals surface area contributed by atoms with Gasteiger partial charge in [0.25, 0.3) is 0 Å². The van der Waals surface area contributed by atoms with E-state index in [4.69, 9.17) is 10.2 Å². The van der Waals surface area contributed by atoms with Crippen LogP contribution in [0, 0.1) is 11.3 Å². The van der Waals surface area contributed by atoms with Crippen LogP contribution in [0.2, 0.25) is 0 Å². The van der Waals surface area contributed by atoms with E-state index in [0.717, 1.165) is 32.1 Å². The van der Waals surface area contributed by atoms with E-state index in [1.54, 1.807) is 0 Å². The van der Waals surface area contributed by atoms with Gasteiger partial charge in [0.1, 0.15) is 0 Å². The van der Waals surface area contributed by atoms with Crippen LogP contribution in [0.3, 0.4) is 0 Å². The summed E-state index contributed by atoms with van der Waals surface area (Å²) in [6.07, 6.45) is 3.11. The summed E-state index contributed by atoms with van der Waals surface area (Å²) < 4.78 is 0.